The van der Waals surface area contributed by atoms with Crippen LogP contribution in [0.3, 0.4) is 0 Å². The minimum Gasteiger partial charge on any atom is -0.351 e. The number of nitrogens with one attached hydrogen (secondary N) is 1. The van der Waals surface area contributed by atoms with Gasteiger partial charge in [-0.3, -0.25) is 9.59 Å². The van der Waals surface area contributed by atoms with Crippen LogP contribution < -0.4 is 5.32 Å². The lowest BCUT2D eigenvalue weighted by Gasteiger charge is -2.40. The Morgan fingerprint density at radius 1 is 0.970 bits per heavy atom. The first-order valence-electron chi connectivity index (χ1n) is 12.4. The average molecular weight is 467 g/mol. The third-order valence-corrected chi connectivity index (χ3v) is 7.43. The molecular weight excluding hydrogens is 432 g/mol. The van der Waals surface area contributed by atoms with Crippen molar-refractivity contribution in [1.29, 1.82) is 0 Å². The number of carbonyl (C=O) groups is 2. The summed E-state index contributed by atoms with van der Waals surface area (Å²) in [7, 11) is 0. The Bertz CT molecular complexity index is 951. The van der Waals surface area contributed by atoms with E-state index in [1.165, 1.54) is 18.4 Å². The second kappa shape index (κ2) is 11.2. The van der Waals surface area contributed by atoms with Crippen molar-refractivity contribution in [3.8, 4) is 0 Å². The van der Waals surface area contributed by atoms with E-state index >= 15 is 0 Å². The van der Waals surface area contributed by atoms with Gasteiger partial charge in [0, 0.05) is 6.04 Å². The molecule has 0 unspecified atom stereocenters. The van der Waals surface area contributed by atoms with Gasteiger partial charge >= 0.3 is 0 Å². The molecule has 4 rings (SSSR count). The Hall–Kier alpha value is -2.33. The van der Waals surface area contributed by atoms with Crippen LogP contribution in [0.4, 0.5) is 0 Å². The Balaban J connectivity index is 1.73. The van der Waals surface area contributed by atoms with Crippen LogP contribution in [-0.2, 0) is 16.0 Å². The zero-order valence-corrected chi connectivity index (χ0v) is 20.3. The predicted octanol–water partition coefficient (Wildman–Crippen LogP) is 6.02. The number of aryl methyl sites for hydroxylation is 2. The number of hydrogen-bond donors (Lipinski definition) is 1. The van der Waals surface area contributed by atoms with Crippen LogP contribution in [-0.4, -0.2) is 28.6 Å². The fourth-order valence-corrected chi connectivity index (χ4v) is 5.61. The fourth-order valence-electron chi connectivity index (χ4n) is 5.47. The molecule has 33 heavy (non-hydrogen) atoms. The van der Waals surface area contributed by atoms with Gasteiger partial charge in [-0.25, -0.2) is 0 Å². The second-order valence-corrected chi connectivity index (χ2v) is 9.82. The maximum Gasteiger partial charge on any atom is 0.247 e. The number of carbonyl (C=O) groups excluding carboxylic acids is 2. The highest BCUT2D eigenvalue weighted by Crippen LogP contribution is 2.39. The number of rotatable bonds is 6. The van der Waals surface area contributed by atoms with Crippen molar-refractivity contribution < 1.29 is 9.59 Å². The summed E-state index contributed by atoms with van der Waals surface area (Å²) < 4.78 is 0. The number of fused-ring (bicyclic) bond motifs is 1. The van der Waals surface area contributed by atoms with Crippen LogP contribution in [0.25, 0.3) is 0 Å². The van der Waals surface area contributed by atoms with E-state index in [0.29, 0.717) is 0 Å². The standard InChI is InChI=1S/C28H35ClN2O2/c1-20-15-17-22(18-16-20)27(28(33)30-23-11-4-2-3-5-12-23)31(26(32)19-29)25-14-8-10-21-9-6-7-13-24(21)25/h6-7,9,13,15-18,23,25,27H,2-5,8,10-12,14,19H2,1H3,(H,30,33)/t25-,27-/m1/s1. The van der Waals surface area contributed by atoms with Crippen LogP contribution in [0.5, 0.6) is 0 Å². The molecule has 0 aromatic heterocycles. The fraction of sp³-hybridized carbons (Fsp3) is 0.500. The molecule has 2 aromatic carbocycles. The lowest BCUT2D eigenvalue weighted by Crippen LogP contribution is -2.48. The zero-order chi connectivity index (χ0) is 23.2. The number of alkyl halides is 1. The topological polar surface area (TPSA) is 49.4 Å². The normalized spacial score (nSPS) is 19.8. The van der Waals surface area contributed by atoms with E-state index in [1.54, 1.807) is 4.90 Å². The van der Waals surface area contributed by atoms with E-state index in [2.05, 4.69) is 17.4 Å². The smallest absolute Gasteiger partial charge is 0.247 e. The Morgan fingerprint density at radius 2 is 1.67 bits per heavy atom. The summed E-state index contributed by atoms with van der Waals surface area (Å²) in [6.07, 6.45) is 9.55. The Labute approximate surface area is 202 Å². The van der Waals surface area contributed by atoms with Gasteiger partial charge in [0.1, 0.15) is 11.9 Å². The molecule has 0 spiro atoms. The lowest BCUT2D eigenvalue weighted by atomic mass is 9.85. The Morgan fingerprint density at radius 3 is 2.36 bits per heavy atom. The first-order chi connectivity index (χ1) is 16.1. The molecule has 2 atom stereocenters. The molecule has 0 aliphatic heterocycles. The molecule has 2 aliphatic carbocycles. The van der Waals surface area contributed by atoms with E-state index in [4.69, 9.17) is 11.6 Å². The molecule has 0 saturated heterocycles. The summed E-state index contributed by atoms with van der Waals surface area (Å²) in [6, 6.07) is 15.6. The van der Waals surface area contributed by atoms with Crippen LogP contribution in [0.1, 0.15) is 85.7 Å². The largest absolute Gasteiger partial charge is 0.351 e. The molecule has 1 fully saturated rings. The molecule has 176 valence electrons. The SMILES string of the molecule is Cc1ccc([C@H](C(=O)NC2CCCCCC2)N(C(=O)CCl)[C@@H]2CCCc3ccccc32)cc1. The molecule has 0 heterocycles. The summed E-state index contributed by atoms with van der Waals surface area (Å²) in [4.78, 5) is 29.0. The number of nitrogens with zero attached hydrogens (tertiary/aromatic N) is 1. The van der Waals surface area contributed by atoms with E-state index in [0.717, 1.165) is 61.6 Å². The maximum absolute atomic E-state index is 13.9. The van der Waals surface area contributed by atoms with Gasteiger partial charge in [-0.05, 0) is 55.7 Å². The second-order valence-electron chi connectivity index (χ2n) is 9.55. The van der Waals surface area contributed by atoms with E-state index in [9.17, 15) is 9.59 Å². The molecular formula is C28H35ClN2O2. The van der Waals surface area contributed by atoms with Gasteiger partial charge in [0.05, 0.1) is 6.04 Å². The molecule has 0 radical (unpaired) electrons. The van der Waals surface area contributed by atoms with Crippen molar-refractivity contribution in [2.75, 3.05) is 5.88 Å². The predicted molar refractivity (Wildman–Crippen MR) is 133 cm³/mol. The van der Waals surface area contributed by atoms with Gasteiger partial charge in [0.15, 0.2) is 0 Å². The Kier molecular flexibility index (Phi) is 8.08. The first-order valence-corrected chi connectivity index (χ1v) is 12.9. The van der Waals surface area contributed by atoms with Crippen LogP contribution in [0.2, 0.25) is 0 Å². The van der Waals surface area contributed by atoms with Crippen molar-refractivity contribution in [2.24, 2.45) is 0 Å². The van der Waals surface area contributed by atoms with Gasteiger partial charge in [-0.1, -0.05) is 79.8 Å². The average Bonchev–Trinajstić information content (AvgIpc) is 3.11. The van der Waals surface area contributed by atoms with Gasteiger partial charge < -0.3 is 10.2 Å². The molecule has 2 amide bonds. The highest BCUT2D eigenvalue weighted by Gasteiger charge is 2.38. The van der Waals surface area contributed by atoms with Crippen molar-refractivity contribution >= 4 is 23.4 Å². The highest BCUT2D eigenvalue weighted by atomic mass is 35.5. The van der Waals surface area contributed by atoms with Gasteiger partial charge in [-0.15, -0.1) is 11.6 Å². The quantitative estimate of drug-likeness (QED) is 0.418. The van der Waals surface area contributed by atoms with Crippen LogP contribution in [0.15, 0.2) is 48.5 Å². The number of halogens is 1. The molecule has 2 aromatic rings. The van der Waals surface area contributed by atoms with Crippen molar-refractivity contribution in [3.63, 3.8) is 0 Å². The summed E-state index contributed by atoms with van der Waals surface area (Å²) in [5.74, 6) is -0.426. The summed E-state index contributed by atoms with van der Waals surface area (Å²) in [6.45, 7) is 2.03. The zero-order valence-electron chi connectivity index (χ0n) is 19.6. The molecule has 1 saturated carbocycles. The molecule has 2 aliphatic rings. The lowest BCUT2D eigenvalue weighted by molar-refractivity contribution is -0.142. The molecule has 0 bridgehead atoms. The van der Waals surface area contributed by atoms with Crippen LogP contribution >= 0.6 is 11.6 Å². The van der Waals surface area contributed by atoms with Crippen molar-refractivity contribution in [1.82, 2.24) is 10.2 Å². The third-order valence-electron chi connectivity index (χ3n) is 7.20. The summed E-state index contributed by atoms with van der Waals surface area (Å²) in [5.41, 5.74) is 4.36. The monoisotopic (exact) mass is 466 g/mol. The minimum atomic E-state index is -0.698. The van der Waals surface area contributed by atoms with Crippen LogP contribution in [0, 0.1) is 6.92 Å². The van der Waals surface area contributed by atoms with E-state index in [-0.39, 0.29) is 29.8 Å². The van der Waals surface area contributed by atoms with Gasteiger partial charge in [0.25, 0.3) is 0 Å². The van der Waals surface area contributed by atoms with E-state index in [1.807, 2.05) is 43.3 Å². The maximum atomic E-state index is 13.9. The third kappa shape index (κ3) is 5.60. The van der Waals surface area contributed by atoms with Gasteiger partial charge in [-0.2, -0.15) is 0 Å². The molecule has 4 nitrogen and oxygen atoms in total. The number of benzene rings is 2. The van der Waals surface area contributed by atoms with E-state index < -0.39 is 6.04 Å². The number of hydrogen-bond acceptors (Lipinski definition) is 2. The number of amides is 2. The minimum absolute atomic E-state index is 0.0905. The molecule has 1 N–H and O–H groups in total. The molecule has 5 heteroatoms. The highest BCUT2D eigenvalue weighted by molar-refractivity contribution is 6.27. The summed E-state index contributed by atoms with van der Waals surface area (Å²) in [5, 5.41) is 3.32. The van der Waals surface area contributed by atoms with Gasteiger partial charge in [0.2, 0.25) is 11.8 Å². The summed E-state index contributed by atoms with van der Waals surface area (Å²) >= 11 is 6.15. The van der Waals surface area contributed by atoms with Crippen molar-refractivity contribution in [2.45, 2.75) is 82.8 Å². The first kappa shape index (κ1) is 23.8. The van der Waals surface area contributed by atoms with Crippen molar-refractivity contribution in [3.05, 3.63) is 70.8 Å².